The summed E-state index contributed by atoms with van der Waals surface area (Å²) in [7, 11) is 1.65. The number of hydrogen-bond donors (Lipinski definition) is 0. The van der Waals surface area contributed by atoms with Gasteiger partial charge in [-0.15, -0.1) is 5.10 Å². The molecule has 0 saturated heterocycles. The first-order chi connectivity index (χ1) is 12.7. The van der Waals surface area contributed by atoms with E-state index in [1.165, 1.54) is 0 Å². The molecule has 0 amide bonds. The zero-order valence-corrected chi connectivity index (χ0v) is 15.3. The van der Waals surface area contributed by atoms with Crippen LogP contribution in [-0.4, -0.2) is 33.6 Å². The molecule has 0 aliphatic carbocycles. The summed E-state index contributed by atoms with van der Waals surface area (Å²) in [6, 6.07) is 7.80. The molecule has 0 bridgehead atoms. The molecule has 1 aliphatic heterocycles. The Morgan fingerprint density at radius 3 is 2.92 bits per heavy atom. The smallest absolute Gasteiger partial charge is 0.165 e. The summed E-state index contributed by atoms with van der Waals surface area (Å²) < 4.78 is 7.12. The van der Waals surface area contributed by atoms with E-state index in [-0.39, 0.29) is 11.7 Å². The van der Waals surface area contributed by atoms with Crippen LogP contribution in [0.2, 0.25) is 0 Å². The van der Waals surface area contributed by atoms with Gasteiger partial charge in [-0.2, -0.15) is 0 Å². The molecule has 136 valence electrons. The quantitative estimate of drug-likeness (QED) is 0.680. The predicted octanol–water partition coefficient (Wildman–Crippen LogP) is 3.69. The van der Waals surface area contributed by atoms with Gasteiger partial charge in [0.05, 0.1) is 19.2 Å². The molecule has 1 aromatic heterocycles. The van der Waals surface area contributed by atoms with Crippen LogP contribution in [-0.2, 0) is 11.3 Å². The summed E-state index contributed by atoms with van der Waals surface area (Å²) in [5.74, 6) is 0.950. The van der Waals surface area contributed by atoms with Gasteiger partial charge < -0.3 is 4.74 Å². The van der Waals surface area contributed by atoms with E-state index in [4.69, 9.17) is 4.74 Å². The number of ketones is 1. The number of aromatic nitrogens is 3. The average Bonchev–Trinajstić information content (AvgIpc) is 3.12. The monoisotopic (exact) mass is 352 g/mol. The fourth-order valence-corrected chi connectivity index (χ4v) is 3.11. The van der Waals surface area contributed by atoms with Gasteiger partial charge in [-0.05, 0) is 31.9 Å². The number of aryl methyl sites for hydroxylation is 1. The van der Waals surface area contributed by atoms with Gasteiger partial charge in [0.25, 0.3) is 0 Å². The van der Waals surface area contributed by atoms with E-state index in [0.29, 0.717) is 0 Å². The van der Waals surface area contributed by atoms with Crippen LogP contribution < -0.4 is 4.74 Å². The molecule has 1 unspecified atom stereocenters. The number of nitrogens with zero attached hydrogens (tertiary/aromatic N) is 4. The molecular formula is C20H24N4O2. The van der Waals surface area contributed by atoms with E-state index in [0.717, 1.165) is 54.9 Å². The summed E-state index contributed by atoms with van der Waals surface area (Å²) in [6.45, 7) is 2.75. The third kappa shape index (κ3) is 4.45. The Hall–Kier alpha value is -2.76. The number of benzene rings is 1. The number of rotatable bonds is 8. The van der Waals surface area contributed by atoms with Crippen molar-refractivity contribution >= 4 is 11.5 Å². The van der Waals surface area contributed by atoms with E-state index in [1.54, 1.807) is 19.4 Å². The lowest BCUT2D eigenvalue weighted by Gasteiger charge is -2.15. The van der Waals surface area contributed by atoms with Crippen molar-refractivity contribution in [1.29, 1.82) is 0 Å². The number of carbonyl (C=O) groups is 1. The molecule has 1 aromatic carbocycles. The number of allylic oxidation sites excluding steroid dienone is 1. The van der Waals surface area contributed by atoms with E-state index in [9.17, 15) is 4.79 Å². The van der Waals surface area contributed by atoms with Crippen LogP contribution in [0.25, 0.3) is 11.3 Å². The topological polar surface area (TPSA) is 69.4 Å². The number of methoxy groups -OCH3 is 1. The van der Waals surface area contributed by atoms with Crippen molar-refractivity contribution in [3.63, 3.8) is 0 Å². The summed E-state index contributed by atoms with van der Waals surface area (Å²) in [5.41, 5.74) is 2.77. The minimum Gasteiger partial charge on any atom is -0.497 e. The molecule has 0 spiro atoms. The van der Waals surface area contributed by atoms with Gasteiger partial charge >= 0.3 is 0 Å². The van der Waals surface area contributed by atoms with E-state index in [1.807, 2.05) is 42.1 Å². The molecule has 0 fully saturated rings. The van der Waals surface area contributed by atoms with E-state index < -0.39 is 0 Å². The Kier molecular flexibility index (Phi) is 5.94. The molecule has 1 atom stereocenters. The van der Waals surface area contributed by atoms with Crippen LogP contribution in [0, 0.1) is 5.92 Å². The Bertz CT molecular complexity index is 823. The minimum atomic E-state index is -0.0361. The van der Waals surface area contributed by atoms with Crippen molar-refractivity contribution in [2.45, 2.75) is 39.2 Å². The van der Waals surface area contributed by atoms with Gasteiger partial charge in [0.2, 0.25) is 0 Å². The van der Waals surface area contributed by atoms with Crippen LogP contribution in [0.1, 0.15) is 32.6 Å². The molecule has 6 heteroatoms. The first kappa shape index (κ1) is 18.0. The molecular weight excluding hydrogens is 328 g/mol. The maximum Gasteiger partial charge on any atom is 0.165 e. The van der Waals surface area contributed by atoms with Crippen molar-refractivity contribution in [2.24, 2.45) is 10.9 Å². The maximum absolute atomic E-state index is 11.9. The standard InChI is InChI=1S/C20H24N4O2/c1-15-18(20(25)10-11-21-15)9-4-3-5-12-24-14-19(22-23-24)16-7-6-8-17(13-16)26-2/h6-8,10-11,13-14,18H,3-5,9,12H2,1-2H3. The van der Waals surface area contributed by atoms with Gasteiger partial charge in [-0.3, -0.25) is 14.5 Å². The molecule has 26 heavy (non-hydrogen) atoms. The zero-order chi connectivity index (χ0) is 18.4. The summed E-state index contributed by atoms with van der Waals surface area (Å²) >= 11 is 0. The third-order valence-electron chi connectivity index (χ3n) is 4.65. The Balaban J connectivity index is 1.44. The van der Waals surface area contributed by atoms with Crippen molar-refractivity contribution in [1.82, 2.24) is 15.0 Å². The number of ether oxygens (including phenoxy) is 1. The van der Waals surface area contributed by atoms with Gasteiger partial charge in [0.1, 0.15) is 11.4 Å². The van der Waals surface area contributed by atoms with Crippen LogP contribution in [0.3, 0.4) is 0 Å². The van der Waals surface area contributed by atoms with Gasteiger partial charge in [-0.25, -0.2) is 0 Å². The van der Waals surface area contributed by atoms with E-state index >= 15 is 0 Å². The summed E-state index contributed by atoms with van der Waals surface area (Å²) in [5, 5.41) is 8.45. The Morgan fingerprint density at radius 1 is 1.23 bits per heavy atom. The third-order valence-corrected chi connectivity index (χ3v) is 4.65. The molecule has 0 radical (unpaired) electrons. The second-order valence-electron chi connectivity index (χ2n) is 6.49. The predicted molar refractivity (Wildman–Crippen MR) is 101 cm³/mol. The lowest BCUT2D eigenvalue weighted by Crippen LogP contribution is -2.22. The minimum absolute atomic E-state index is 0.0361. The number of hydrogen-bond acceptors (Lipinski definition) is 5. The molecule has 2 heterocycles. The van der Waals surface area contributed by atoms with E-state index in [2.05, 4.69) is 15.3 Å². The summed E-state index contributed by atoms with van der Waals surface area (Å²) in [6.07, 6.45) is 9.06. The first-order valence-electron chi connectivity index (χ1n) is 8.96. The largest absolute Gasteiger partial charge is 0.497 e. The van der Waals surface area contributed by atoms with Crippen LogP contribution in [0.15, 0.2) is 47.7 Å². The number of carbonyl (C=O) groups excluding carboxylic acids is 1. The number of aliphatic imine (C=N–C) groups is 1. The fraction of sp³-hybridized carbons (Fsp3) is 0.400. The lowest BCUT2D eigenvalue weighted by atomic mass is 9.91. The van der Waals surface area contributed by atoms with Crippen LogP contribution >= 0.6 is 0 Å². The zero-order valence-electron chi connectivity index (χ0n) is 15.3. The molecule has 0 saturated carbocycles. The van der Waals surface area contributed by atoms with Gasteiger partial charge in [0.15, 0.2) is 5.78 Å². The second-order valence-corrected chi connectivity index (χ2v) is 6.49. The highest BCUT2D eigenvalue weighted by atomic mass is 16.5. The van der Waals surface area contributed by atoms with Gasteiger partial charge in [0, 0.05) is 30.1 Å². The van der Waals surface area contributed by atoms with Crippen molar-refractivity contribution in [2.75, 3.05) is 7.11 Å². The first-order valence-corrected chi connectivity index (χ1v) is 8.96. The molecule has 6 nitrogen and oxygen atoms in total. The van der Waals surface area contributed by atoms with Crippen molar-refractivity contribution in [3.8, 4) is 17.0 Å². The Labute approximate surface area is 153 Å². The average molecular weight is 352 g/mol. The molecule has 1 aliphatic rings. The van der Waals surface area contributed by atoms with Crippen molar-refractivity contribution < 1.29 is 9.53 Å². The molecule has 2 aromatic rings. The highest BCUT2D eigenvalue weighted by Crippen LogP contribution is 2.22. The normalized spacial score (nSPS) is 16.6. The summed E-state index contributed by atoms with van der Waals surface area (Å²) in [4.78, 5) is 16.1. The molecule has 3 rings (SSSR count). The van der Waals surface area contributed by atoms with Crippen LogP contribution in [0.5, 0.6) is 5.75 Å². The van der Waals surface area contributed by atoms with Crippen LogP contribution in [0.4, 0.5) is 0 Å². The molecule has 0 N–H and O–H groups in total. The number of unbranched alkanes of at least 4 members (excludes halogenated alkanes) is 2. The SMILES string of the molecule is COc1cccc(-c2cn(CCCCCC3C(=O)C=CN=C3C)nn2)c1. The van der Waals surface area contributed by atoms with Gasteiger partial charge in [-0.1, -0.05) is 30.2 Å². The van der Waals surface area contributed by atoms with Crippen molar-refractivity contribution in [3.05, 3.63) is 42.7 Å². The second kappa shape index (κ2) is 8.56. The fourth-order valence-electron chi connectivity index (χ4n) is 3.11. The highest BCUT2D eigenvalue weighted by Gasteiger charge is 2.20. The Morgan fingerprint density at radius 2 is 2.12 bits per heavy atom. The maximum atomic E-state index is 11.9. The lowest BCUT2D eigenvalue weighted by molar-refractivity contribution is -0.116. The highest BCUT2D eigenvalue weighted by molar-refractivity contribution is 6.10.